The van der Waals surface area contributed by atoms with Crippen LogP contribution in [-0.4, -0.2) is 7.05 Å². The predicted molar refractivity (Wildman–Crippen MR) is 63.1 cm³/mol. The normalized spacial score (nSPS) is 12.7. The molecule has 0 spiro atoms. The summed E-state index contributed by atoms with van der Waals surface area (Å²) < 4.78 is 0. The van der Waals surface area contributed by atoms with Gasteiger partial charge in [0.2, 0.25) is 0 Å². The second kappa shape index (κ2) is 3.02. The maximum Gasteiger partial charge on any atom is 0.0654 e. The molecule has 2 aromatic carbocycles. The molecule has 0 amide bonds. The number of rotatable bonds is 0. The van der Waals surface area contributed by atoms with Crippen LogP contribution in [0.3, 0.4) is 0 Å². The van der Waals surface area contributed by atoms with Crippen molar-refractivity contribution in [1.29, 1.82) is 0 Å². The Hall–Kier alpha value is -1.96. The summed E-state index contributed by atoms with van der Waals surface area (Å²) in [6.45, 7) is 0. The van der Waals surface area contributed by atoms with Gasteiger partial charge in [0.25, 0.3) is 0 Å². The number of nitrogens with zero attached hydrogens (tertiary/aromatic N) is 1. The summed E-state index contributed by atoms with van der Waals surface area (Å²) in [6.07, 6.45) is 0. The maximum atomic E-state index is 3.41. The monoisotopic (exact) mass is 195 g/mol. The van der Waals surface area contributed by atoms with Crippen molar-refractivity contribution in [2.45, 2.75) is 0 Å². The first-order valence-corrected chi connectivity index (χ1v) is 4.96. The standard InChI is InChI=1S/C13H11N2/c1-15-12-8-4-2-6-10(12)14-11-7-3-5-9-13(11)15/h2-4,6-9,14H,1H3. The Bertz CT molecular complexity index is 460. The molecular weight excluding hydrogens is 184 g/mol. The highest BCUT2D eigenvalue weighted by molar-refractivity contribution is 5.91. The van der Waals surface area contributed by atoms with E-state index in [1.165, 1.54) is 5.69 Å². The minimum absolute atomic E-state index is 1.13. The third-order valence-electron chi connectivity index (χ3n) is 2.74. The van der Waals surface area contributed by atoms with Gasteiger partial charge in [-0.1, -0.05) is 18.2 Å². The molecule has 2 heteroatoms. The van der Waals surface area contributed by atoms with Gasteiger partial charge < -0.3 is 10.2 Å². The van der Waals surface area contributed by atoms with Crippen molar-refractivity contribution >= 4 is 22.7 Å². The highest BCUT2D eigenvalue weighted by atomic mass is 15.2. The Kier molecular flexibility index (Phi) is 1.68. The molecule has 73 valence electrons. The van der Waals surface area contributed by atoms with Crippen LogP contribution >= 0.6 is 0 Å². The summed E-state index contributed by atoms with van der Waals surface area (Å²) in [6, 6.07) is 17.4. The molecule has 0 atom stereocenters. The lowest BCUT2D eigenvalue weighted by molar-refractivity contribution is 1.18. The molecule has 2 nitrogen and oxygen atoms in total. The number of fused-ring (bicyclic) bond motifs is 2. The van der Waals surface area contributed by atoms with Crippen molar-refractivity contribution in [1.82, 2.24) is 0 Å². The quantitative estimate of drug-likeness (QED) is 0.693. The molecule has 1 N–H and O–H groups in total. The first-order chi connectivity index (χ1) is 7.36. The van der Waals surface area contributed by atoms with Gasteiger partial charge in [-0.05, 0) is 30.3 Å². The van der Waals surface area contributed by atoms with E-state index in [9.17, 15) is 0 Å². The zero-order valence-corrected chi connectivity index (χ0v) is 8.49. The van der Waals surface area contributed by atoms with Gasteiger partial charge in [0, 0.05) is 7.05 Å². The number of benzene rings is 2. The van der Waals surface area contributed by atoms with Crippen molar-refractivity contribution in [2.75, 3.05) is 17.3 Å². The minimum atomic E-state index is 1.13. The van der Waals surface area contributed by atoms with Gasteiger partial charge in [-0.15, -0.1) is 0 Å². The summed E-state index contributed by atoms with van der Waals surface area (Å²) in [5, 5.41) is 3.41. The number of hydrogen-bond donors (Lipinski definition) is 1. The largest absolute Gasteiger partial charge is 0.352 e. The summed E-state index contributed by atoms with van der Waals surface area (Å²) in [4.78, 5) is 2.18. The number of hydrogen-bond acceptors (Lipinski definition) is 2. The van der Waals surface area contributed by atoms with E-state index in [0.717, 1.165) is 17.1 Å². The van der Waals surface area contributed by atoms with Crippen molar-refractivity contribution in [3.63, 3.8) is 0 Å². The van der Waals surface area contributed by atoms with Crippen LogP contribution in [0.2, 0.25) is 0 Å². The van der Waals surface area contributed by atoms with Crippen LogP contribution in [-0.2, 0) is 0 Å². The molecule has 1 aliphatic rings. The topological polar surface area (TPSA) is 15.3 Å². The fraction of sp³-hybridized carbons (Fsp3) is 0.0769. The summed E-state index contributed by atoms with van der Waals surface area (Å²) in [7, 11) is 2.08. The maximum absolute atomic E-state index is 3.41. The Morgan fingerprint density at radius 2 is 1.87 bits per heavy atom. The fourth-order valence-electron chi connectivity index (χ4n) is 1.95. The minimum Gasteiger partial charge on any atom is -0.352 e. The lowest BCUT2D eigenvalue weighted by atomic mass is 10.1. The van der Waals surface area contributed by atoms with E-state index < -0.39 is 0 Å². The van der Waals surface area contributed by atoms with Gasteiger partial charge in [-0.2, -0.15) is 0 Å². The van der Waals surface area contributed by atoms with Crippen molar-refractivity contribution < 1.29 is 0 Å². The van der Waals surface area contributed by atoms with Gasteiger partial charge >= 0.3 is 0 Å². The molecule has 2 aromatic rings. The highest BCUT2D eigenvalue weighted by Gasteiger charge is 2.17. The molecule has 0 saturated carbocycles. The Morgan fingerprint density at radius 1 is 1.07 bits per heavy atom. The summed E-state index contributed by atoms with van der Waals surface area (Å²) >= 11 is 0. The molecular formula is C13H11N2. The third-order valence-corrected chi connectivity index (χ3v) is 2.74. The van der Waals surface area contributed by atoms with Crippen LogP contribution in [0.4, 0.5) is 22.7 Å². The molecule has 0 aliphatic carbocycles. The summed E-state index contributed by atoms with van der Waals surface area (Å²) in [5.74, 6) is 0. The van der Waals surface area contributed by atoms with Crippen LogP contribution < -0.4 is 10.2 Å². The fourth-order valence-corrected chi connectivity index (χ4v) is 1.95. The van der Waals surface area contributed by atoms with Crippen LogP contribution in [0.15, 0.2) is 42.5 Å². The van der Waals surface area contributed by atoms with Crippen LogP contribution in [0, 0.1) is 6.07 Å². The lowest BCUT2D eigenvalue weighted by Gasteiger charge is -2.30. The second-order valence-electron chi connectivity index (χ2n) is 3.64. The average Bonchev–Trinajstić information content (AvgIpc) is 2.30. The first-order valence-electron chi connectivity index (χ1n) is 4.96. The van der Waals surface area contributed by atoms with Crippen LogP contribution in [0.25, 0.3) is 0 Å². The number of anilines is 4. The van der Waals surface area contributed by atoms with Crippen molar-refractivity contribution in [2.24, 2.45) is 0 Å². The molecule has 0 bridgehead atoms. The van der Waals surface area contributed by atoms with Gasteiger partial charge in [-0.25, -0.2) is 0 Å². The third kappa shape index (κ3) is 1.18. The molecule has 1 aliphatic heterocycles. The zero-order valence-electron chi connectivity index (χ0n) is 8.49. The van der Waals surface area contributed by atoms with Gasteiger partial charge in [-0.3, -0.25) is 0 Å². The molecule has 15 heavy (non-hydrogen) atoms. The highest BCUT2D eigenvalue weighted by Crippen LogP contribution is 2.41. The van der Waals surface area contributed by atoms with E-state index in [-0.39, 0.29) is 0 Å². The van der Waals surface area contributed by atoms with E-state index >= 15 is 0 Å². The number of para-hydroxylation sites is 2. The van der Waals surface area contributed by atoms with Gasteiger partial charge in [0.1, 0.15) is 0 Å². The van der Waals surface area contributed by atoms with E-state index in [1.54, 1.807) is 0 Å². The molecule has 0 fully saturated rings. The van der Waals surface area contributed by atoms with E-state index in [1.807, 2.05) is 24.3 Å². The molecule has 0 unspecified atom stereocenters. The van der Waals surface area contributed by atoms with Crippen molar-refractivity contribution in [3.05, 3.63) is 48.5 Å². The Labute approximate surface area is 89.2 Å². The molecule has 3 rings (SSSR count). The van der Waals surface area contributed by atoms with E-state index in [2.05, 4.69) is 41.5 Å². The van der Waals surface area contributed by atoms with Crippen LogP contribution in [0.1, 0.15) is 0 Å². The first kappa shape index (κ1) is 8.36. The van der Waals surface area contributed by atoms with Crippen LogP contribution in [0.5, 0.6) is 0 Å². The summed E-state index contributed by atoms with van der Waals surface area (Å²) in [5.41, 5.74) is 4.65. The molecule has 1 heterocycles. The Balaban J connectivity index is 2.20. The Morgan fingerprint density at radius 3 is 2.80 bits per heavy atom. The zero-order chi connectivity index (χ0) is 10.3. The second-order valence-corrected chi connectivity index (χ2v) is 3.64. The van der Waals surface area contributed by atoms with E-state index in [4.69, 9.17) is 0 Å². The van der Waals surface area contributed by atoms with E-state index in [0.29, 0.717) is 0 Å². The molecule has 0 aromatic heterocycles. The average molecular weight is 195 g/mol. The smallest absolute Gasteiger partial charge is 0.0654 e. The van der Waals surface area contributed by atoms with Crippen molar-refractivity contribution in [3.8, 4) is 0 Å². The van der Waals surface area contributed by atoms with Gasteiger partial charge in [0.15, 0.2) is 0 Å². The predicted octanol–water partition coefficient (Wildman–Crippen LogP) is 3.31. The van der Waals surface area contributed by atoms with Gasteiger partial charge in [0.05, 0.1) is 22.7 Å². The molecule has 0 saturated heterocycles. The lowest BCUT2D eigenvalue weighted by Crippen LogP contribution is -2.17. The SMILES string of the molecule is CN1c2c[c]ccc2Nc2ccccc21. The number of nitrogens with one attached hydrogen (secondary N) is 1. The molecule has 1 radical (unpaired) electrons.